The van der Waals surface area contributed by atoms with Crippen molar-refractivity contribution in [2.24, 2.45) is 16.0 Å². The predicted molar refractivity (Wildman–Crippen MR) is 50.6 cm³/mol. The number of nitrogens with zero attached hydrogens (tertiary/aromatic N) is 1. The zero-order valence-electron chi connectivity index (χ0n) is 8.52. The average molecular weight is 169 g/mol. The number of oxime groups is 1. The Kier molecular flexibility index (Phi) is 2.19. The molecule has 1 aliphatic carbocycles. The van der Waals surface area contributed by atoms with Crippen LogP contribution in [-0.2, 0) is 0 Å². The van der Waals surface area contributed by atoms with Gasteiger partial charge in [-0.05, 0) is 30.1 Å². The summed E-state index contributed by atoms with van der Waals surface area (Å²) in [7, 11) is 0. The van der Waals surface area contributed by atoms with E-state index in [1.807, 2.05) is 0 Å². The van der Waals surface area contributed by atoms with E-state index < -0.39 is 0 Å². The van der Waals surface area contributed by atoms with Gasteiger partial charge < -0.3 is 5.21 Å². The van der Waals surface area contributed by atoms with Crippen LogP contribution in [-0.4, -0.2) is 10.9 Å². The van der Waals surface area contributed by atoms with E-state index in [9.17, 15) is 0 Å². The molecule has 1 N–H and O–H groups in total. The largest absolute Gasteiger partial charge is 0.411 e. The molecule has 0 aromatic heterocycles. The van der Waals surface area contributed by atoms with E-state index in [0.29, 0.717) is 10.8 Å². The first kappa shape index (κ1) is 9.56. The van der Waals surface area contributed by atoms with Crippen molar-refractivity contribution < 1.29 is 5.21 Å². The lowest BCUT2D eigenvalue weighted by Gasteiger charge is -2.40. The smallest absolute Gasteiger partial charge is 0.0581 e. The van der Waals surface area contributed by atoms with Crippen LogP contribution in [0.4, 0.5) is 0 Å². The fourth-order valence-corrected chi connectivity index (χ4v) is 2.66. The molecule has 0 atom stereocenters. The molecule has 2 nitrogen and oxygen atoms in total. The van der Waals surface area contributed by atoms with Crippen molar-refractivity contribution in [3.63, 3.8) is 0 Å². The summed E-state index contributed by atoms with van der Waals surface area (Å²) in [6.07, 6.45) is 3.08. The van der Waals surface area contributed by atoms with Crippen molar-refractivity contribution in [2.75, 3.05) is 0 Å². The van der Waals surface area contributed by atoms with E-state index in [2.05, 4.69) is 32.9 Å². The molecule has 1 saturated carbocycles. The molecule has 0 spiro atoms. The Hall–Kier alpha value is -0.530. The van der Waals surface area contributed by atoms with Gasteiger partial charge in [-0.2, -0.15) is 0 Å². The Morgan fingerprint density at radius 1 is 1.08 bits per heavy atom. The molecule has 0 aromatic carbocycles. The minimum absolute atomic E-state index is 0.295. The molecule has 12 heavy (non-hydrogen) atoms. The monoisotopic (exact) mass is 169 g/mol. The minimum Gasteiger partial charge on any atom is -0.411 e. The van der Waals surface area contributed by atoms with Crippen molar-refractivity contribution in [3.8, 4) is 0 Å². The van der Waals surface area contributed by atoms with Gasteiger partial charge in [-0.3, -0.25) is 0 Å². The van der Waals surface area contributed by atoms with Crippen molar-refractivity contribution in [1.82, 2.24) is 0 Å². The summed E-state index contributed by atoms with van der Waals surface area (Å²) < 4.78 is 0. The first-order valence-electron chi connectivity index (χ1n) is 4.54. The molecule has 0 aliphatic heterocycles. The van der Waals surface area contributed by atoms with Crippen LogP contribution in [0.5, 0.6) is 0 Å². The van der Waals surface area contributed by atoms with Gasteiger partial charge in [0, 0.05) is 0 Å². The fourth-order valence-electron chi connectivity index (χ4n) is 2.66. The summed E-state index contributed by atoms with van der Waals surface area (Å²) in [5.74, 6) is 0. The highest BCUT2D eigenvalue weighted by molar-refractivity contribution is 5.85. The molecule has 1 rings (SSSR count). The Balaban J connectivity index is 2.80. The number of rotatable bonds is 0. The van der Waals surface area contributed by atoms with E-state index in [1.165, 1.54) is 6.42 Å². The van der Waals surface area contributed by atoms with Gasteiger partial charge in [-0.1, -0.05) is 32.9 Å². The Bertz CT molecular complexity index is 186. The topological polar surface area (TPSA) is 32.6 Å². The molecule has 0 aromatic rings. The Morgan fingerprint density at radius 2 is 1.50 bits per heavy atom. The van der Waals surface area contributed by atoms with Gasteiger partial charge in [0.1, 0.15) is 0 Å². The van der Waals surface area contributed by atoms with Crippen LogP contribution in [0.15, 0.2) is 5.16 Å². The van der Waals surface area contributed by atoms with Crippen LogP contribution in [0.2, 0.25) is 0 Å². The second-order valence-electron chi connectivity index (χ2n) is 5.52. The maximum Gasteiger partial charge on any atom is 0.0581 e. The lowest BCUT2D eigenvalue weighted by molar-refractivity contribution is 0.175. The average Bonchev–Trinajstić information content (AvgIpc) is 1.80. The van der Waals surface area contributed by atoms with Crippen molar-refractivity contribution in [3.05, 3.63) is 0 Å². The highest BCUT2D eigenvalue weighted by Gasteiger charge is 2.36. The molecule has 0 amide bonds. The molecule has 0 heterocycles. The van der Waals surface area contributed by atoms with E-state index in [0.717, 1.165) is 18.6 Å². The minimum atomic E-state index is 0.295. The molecule has 70 valence electrons. The summed E-state index contributed by atoms with van der Waals surface area (Å²) >= 11 is 0. The molecule has 1 aliphatic rings. The van der Waals surface area contributed by atoms with E-state index in [-0.39, 0.29) is 0 Å². The van der Waals surface area contributed by atoms with Crippen LogP contribution in [0.1, 0.15) is 47.0 Å². The SMILES string of the molecule is CC1(C)CC(=NO)CC(C)(C)C1. The van der Waals surface area contributed by atoms with E-state index in [1.54, 1.807) is 0 Å². The van der Waals surface area contributed by atoms with Crippen molar-refractivity contribution in [2.45, 2.75) is 47.0 Å². The molecule has 1 fully saturated rings. The second kappa shape index (κ2) is 2.75. The molecular formula is C10H19NO. The zero-order chi connectivity index (χ0) is 9.41. The fraction of sp³-hybridized carbons (Fsp3) is 0.900. The standard InChI is InChI=1S/C10H19NO/c1-9(2)5-8(11-12)6-10(3,4)7-9/h12H,5-7H2,1-4H3. The molecule has 0 saturated heterocycles. The first-order chi connectivity index (χ1) is 5.35. The summed E-state index contributed by atoms with van der Waals surface area (Å²) in [4.78, 5) is 0. The quantitative estimate of drug-likeness (QED) is 0.438. The zero-order valence-corrected chi connectivity index (χ0v) is 8.52. The normalized spacial score (nSPS) is 26.8. The second-order valence-corrected chi connectivity index (χ2v) is 5.52. The van der Waals surface area contributed by atoms with Gasteiger partial charge >= 0.3 is 0 Å². The highest BCUT2D eigenvalue weighted by atomic mass is 16.4. The maximum atomic E-state index is 8.74. The van der Waals surface area contributed by atoms with Gasteiger partial charge in [0.2, 0.25) is 0 Å². The van der Waals surface area contributed by atoms with Gasteiger partial charge in [0.25, 0.3) is 0 Å². The van der Waals surface area contributed by atoms with Crippen LogP contribution in [0.25, 0.3) is 0 Å². The van der Waals surface area contributed by atoms with Gasteiger partial charge in [0.15, 0.2) is 0 Å². The molecule has 0 unspecified atom stereocenters. The Morgan fingerprint density at radius 3 is 1.83 bits per heavy atom. The summed E-state index contributed by atoms with van der Waals surface area (Å²) in [5.41, 5.74) is 1.54. The molecule has 0 radical (unpaired) electrons. The van der Waals surface area contributed by atoms with Gasteiger partial charge in [-0.25, -0.2) is 0 Å². The first-order valence-corrected chi connectivity index (χ1v) is 4.54. The van der Waals surface area contributed by atoms with Crippen LogP contribution in [0.3, 0.4) is 0 Å². The van der Waals surface area contributed by atoms with Crippen LogP contribution < -0.4 is 0 Å². The van der Waals surface area contributed by atoms with Crippen molar-refractivity contribution >= 4 is 5.71 Å². The number of hydrogen-bond donors (Lipinski definition) is 1. The highest BCUT2D eigenvalue weighted by Crippen LogP contribution is 2.44. The Labute approximate surface area is 74.7 Å². The lowest BCUT2D eigenvalue weighted by atomic mass is 9.65. The van der Waals surface area contributed by atoms with Crippen LogP contribution >= 0.6 is 0 Å². The van der Waals surface area contributed by atoms with E-state index >= 15 is 0 Å². The molecular weight excluding hydrogens is 150 g/mol. The summed E-state index contributed by atoms with van der Waals surface area (Å²) in [5, 5.41) is 12.1. The molecule has 0 bridgehead atoms. The third-order valence-corrected chi connectivity index (χ3v) is 2.46. The third-order valence-electron chi connectivity index (χ3n) is 2.46. The lowest BCUT2D eigenvalue weighted by Crippen LogP contribution is -2.34. The van der Waals surface area contributed by atoms with Crippen molar-refractivity contribution in [1.29, 1.82) is 0 Å². The summed E-state index contributed by atoms with van der Waals surface area (Å²) in [6, 6.07) is 0. The maximum absolute atomic E-state index is 8.74. The van der Waals surface area contributed by atoms with Gasteiger partial charge in [0.05, 0.1) is 5.71 Å². The van der Waals surface area contributed by atoms with Gasteiger partial charge in [-0.15, -0.1) is 0 Å². The summed E-state index contributed by atoms with van der Waals surface area (Å²) in [6.45, 7) is 8.94. The third kappa shape index (κ3) is 2.23. The molecule has 2 heteroatoms. The van der Waals surface area contributed by atoms with Crippen LogP contribution in [0, 0.1) is 10.8 Å². The van der Waals surface area contributed by atoms with E-state index in [4.69, 9.17) is 5.21 Å². The predicted octanol–water partition coefficient (Wildman–Crippen LogP) is 3.05. The number of hydrogen-bond acceptors (Lipinski definition) is 2.